The summed E-state index contributed by atoms with van der Waals surface area (Å²) in [5, 5.41) is 10.4. The summed E-state index contributed by atoms with van der Waals surface area (Å²) in [7, 11) is 1.48. The van der Waals surface area contributed by atoms with Gasteiger partial charge in [-0.3, -0.25) is 9.48 Å². The first-order valence-electron chi connectivity index (χ1n) is 11.2. The SMILES string of the molecule is CCn1cc(NC(=O)c2cc3nc(-c4ccc(OC)cc4)cc(C(F)(F)F)n3n2)c(C(=O)OC(C)C)n1. The lowest BCUT2D eigenvalue weighted by molar-refractivity contribution is -0.142. The Balaban J connectivity index is 1.72. The quantitative estimate of drug-likeness (QED) is 0.361. The summed E-state index contributed by atoms with van der Waals surface area (Å²) >= 11 is 0. The number of carbonyl (C=O) groups is 2. The Morgan fingerprint density at radius 2 is 1.81 bits per heavy atom. The Labute approximate surface area is 209 Å². The maximum atomic E-state index is 13.9. The normalized spacial score (nSPS) is 11.7. The lowest BCUT2D eigenvalue weighted by atomic mass is 10.1. The smallest absolute Gasteiger partial charge is 0.433 e. The second kappa shape index (κ2) is 9.91. The van der Waals surface area contributed by atoms with Gasteiger partial charge in [0.1, 0.15) is 5.75 Å². The standard InChI is InChI=1S/C24H23F3N6O4/c1-5-32-12-18(21(31-32)23(35)37-13(2)3)29-22(34)17-11-20-28-16(14-6-8-15(36-4)9-7-14)10-19(24(25,26)27)33(20)30-17/h6-13H,5H2,1-4H3,(H,29,34). The number of aryl methyl sites for hydroxylation is 1. The van der Waals surface area contributed by atoms with Crippen LogP contribution in [-0.2, 0) is 17.5 Å². The Kier molecular flexibility index (Phi) is 6.88. The van der Waals surface area contributed by atoms with Crippen LogP contribution in [0.3, 0.4) is 0 Å². The van der Waals surface area contributed by atoms with Gasteiger partial charge in [-0.25, -0.2) is 14.3 Å². The zero-order valence-electron chi connectivity index (χ0n) is 20.3. The molecule has 13 heteroatoms. The summed E-state index contributed by atoms with van der Waals surface area (Å²) in [5.41, 5.74) is -1.27. The molecule has 0 saturated carbocycles. The highest BCUT2D eigenvalue weighted by molar-refractivity contribution is 6.06. The topological polar surface area (TPSA) is 113 Å². The molecule has 1 amide bonds. The van der Waals surface area contributed by atoms with E-state index in [1.165, 1.54) is 18.0 Å². The number of hydrogen-bond acceptors (Lipinski definition) is 7. The molecular weight excluding hydrogens is 493 g/mol. The van der Waals surface area contributed by atoms with E-state index in [0.29, 0.717) is 22.4 Å². The molecule has 10 nitrogen and oxygen atoms in total. The number of fused-ring (bicyclic) bond motifs is 1. The molecule has 0 aliphatic carbocycles. The number of carbonyl (C=O) groups excluding carboxylic acids is 2. The van der Waals surface area contributed by atoms with Crippen molar-refractivity contribution < 1.29 is 32.2 Å². The van der Waals surface area contributed by atoms with E-state index in [1.54, 1.807) is 45.0 Å². The third kappa shape index (κ3) is 5.39. The van der Waals surface area contributed by atoms with Crippen LogP contribution in [0.15, 0.2) is 42.6 Å². The van der Waals surface area contributed by atoms with Crippen molar-refractivity contribution >= 4 is 23.2 Å². The first-order valence-corrected chi connectivity index (χ1v) is 11.2. The molecule has 194 valence electrons. The third-order valence-electron chi connectivity index (χ3n) is 5.21. The minimum atomic E-state index is -4.78. The van der Waals surface area contributed by atoms with Crippen molar-refractivity contribution in [2.24, 2.45) is 0 Å². The van der Waals surface area contributed by atoms with Gasteiger partial charge < -0.3 is 14.8 Å². The lowest BCUT2D eigenvalue weighted by Gasteiger charge is -2.11. The lowest BCUT2D eigenvalue weighted by Crippen LogP contribution is -2.18. The number of rotatable bonds is 7. The molecule has 0 radical (unpaired) electrons. The number of halogens is 3. The van der Waals surface area contributed by atoms with E-state index in [1.807, 2.05) is 0 Å². The van der Waals surface area contributed by atoms with Gasteiger partial charge in [0.2, 0.25) is 0 Å². The first-order chi connectivity index (χ1) is 17.5. The van der Waals surface area contributed by atoms with Crippen LogP contribution in [0.25, 0.3) is 16.9 Å². The van der Waals surface area contributed by atoms with Crippen molar-refractivity contribution in [1.29, 1.82) is 0 Å². The summed E-state index contributed by atoms with van der Waals surface area (Å²) in [6, 6.07) is 8.34. The van der Waals surface area contributed by atoms with Crippen LogP contribution in [0.5, 0.6) is 5.75 Å². The van der Waals surface area contributed by atoms with Gasteiger partial charge in [-0.1, -0.05) is 0 Å². The van der Waals surface area contributed by atoms with E-state index < -0.39 is 29.9 Å². The Morgan fingerprint density at radius 3 is 2.41 bits per heavy atom. The minimum absolute atomic E-state index is 0.0391. The van der Waals surface area contributed by atoms with Crippen LogP contribution < -0.4 is 10.1 Å². The van der Waals surface area contributed by atoms with E-state index in [0.717, 1.165) is 12.1 Å². The maximum Gasteiger partial charge on any atom is 0.433 e. The van der Waals surface area contributed by atoms with E-state index in [-0.39, 0.29) is 28.4 Å². The van der Waals surface area contributed by atoms with E-state index >= 15 is 0 Å². The van der Waals surface area contributed by atoms with Crippen LogP contribution in [-0.4, -0.2) is 49.5 Å². The fourth-order valence-electron chi connectivity index (χ4n) is 3.48. The number of nitrogens with one attached hydrogen (secondary N) is 1. The molecule has 0 aliphatic rings. The van der Waals surface area contributed by atoms with Gasteiger partial charge in [0, 0.05) is 24.4 Å². The Hall–Kier alpha value is -4.42. The fraction of sp³-hybridized carbons (Fsp3) is 0.292. The monoisotopic (exact) mass is 516 g/mol. The van der Waals surface area contributed by atoms with Crippen LogP contribution in [0.2, 0.25) is 0 Å². The van der Waals surface area contributed by atoms with Gasteiger partial charge in [0.25, 0.3) is 5.91 Å². The van der Waals surface area contributed by atoms with Crippen molar-refractivity contribution in [3.05, 3.63) is 59.7 Å². The Morgan fingerprint density at radius 1 is 1.11 bits per heavy atom. The number of aromatic nitrogens is 5. The zero-order chi connectivity index (χ0) is 26.9. The average Bonchev–Trinajstić information content (AvgIpc) is 3.46. The Bertz CT molecular complexity index is 1460. The van der Waals surface area contributed by atoms with Gasteiger partial charge >= 0.3 is 12.1 Å². The number of nitrogens with zero attached hydrogens (tertiary/aromatic N) is 5. The number of methoxy groups -OCH3 is 1. The molecule has 1 aromatic carbocycles. The number of amides is 1. The molecule has 0 fully saturated rings. The van der Waals surface area contributed by atoms with Crippen molar-refractivity contribution in [1.82, 2.24) is 24.4 Å². The molecule has 0 bridgehead atoms. The summed E-state index contributed by atoms with van der Waals surface area (Å²) in [5.74, 6) is -1.07. The second-order valence-electron chi connectivity index (χ2n) is 8.21. The summed E-state index contributed by atoms with van der Waals surface area (Å²) in [4.78, 5) is 29.7. The molecule has 3 heterocycles. The first kappa shape index (κ1) is 25.7. The molecular formula is C24H23F3N6O4. The molecule has 37 heavy (non-hydrogen) atoms. The van der Waals surface area contributed by atoms with Gasteiger partial charge in [-0.2, -0.15) is 23.4 Å². The number of alkyl halides is 3. The van der Waals surface area contributed by atoms with Crippen molar-refractivity contribution in [3.8, 4) is 17.0 Å². The average molecular weight is 516 g/mol. The number of hydrogen-bond donors (Lipinski definition) is 1. The molecule has 0 unspecified atom stereocenters. The molecule has 4 aromatic rings. The maximum absolute atomic E-state index is 13.9. The molecule has 4 rings (SSSR count). The van der Waals surface area contributed by atoms with Crippen LogP contribution in [0.4, 0.5) is 18.9 Å². The highest BCUT2D eigenvalue weighted by Gasteiger charge is 2.36. The van der Waals surface area contributed by atoms with Crippen molar-refractivity contribution in [2.45, 2.75) is 39.6 Å². The predicted octanol–water partition coefficient (Wildman–Crippen LogP) is 4.46. The summed E-state index contributed by atoms with van der Waals surface area (Å²) in [6.07, 6.45) is -3.78. The van der Waals surface area contributed by atoms with Crippen molar-refractivity contribution in [3.63, 3.8) is 0 Å². The van der Waals surface area contributed by atoms with Gasteiger partial charge in [0.15, 0.2) is 22.7 Å². The highest BCUT2D eigenvalue weighted by Crippen LogP contribution is 2.33. The van der Waals surface area contributed by atoms with Gasteiger partial charge in [0.05, 0.1) is 24.6 Å². The van der Waals surface area contributed by atoms with Gasteiger partial charge in [-0.15, -0.1) is 0 Å². The molecule has 0 saturated heterocycles. The molecule has 0 atom stereocenters. The summed E-state index contributed by atoms with van der Waals surface area (Å²) < 4.78 is 53.9. The fourth-order valence-corrected chi connectivity index (χ4v) is 3.48. The van der Waals surface area contributed by atoms with Crippen LogP contribution in [0, 0.1) is 0 Å². The molecule has 0 aliphatic heterocycles. The van der Waals surface area contributed by atoms with Gasteiger partial charge in [-0.05, 0) is 51.1 Å². The highest BCUT2D eigenvalue weighted by atomic mass is 19.4. The molecule has 3 aromatic heterocycles. The van der Waals surface area contributed by atoms with E-state index in [4.69, 9.17) is 9.47 Å². The molecule has 0 spiro atoms. The number of benzene rings is 1. The van der Waals surface area contributed by atoms with Crippen LogP contribution >= 0.6 is 0 Å². The number of esters is 1. The van der Waals surface area contributed by atoms with E-state index in [2.05, 4.69) is 20.5 Å². The van der Waals surface area contributed by atoms with E-state index in [9.17, 15) is 22.8 Å². The molecule has 1 N–H and O–H groups in total. The second-order valence-corrected chi connectivity index (χ2v) is 8.21. The predicted molar refractivity (Wildman–Crippen MR) is 126 cm³/mol. The van der Waals surface area contributed by atoms with Crippen molar-refractivity contribution in [2.75, 3.05) is 12.4 Å². The minimum Gasteiger partial charge on any atom is -0.497 e. The zero-order valence-corrected chi connectivity index (χ0v) is 20.3. The largest absolute Gasteiger partial charge is 0.497 e. The number of anilines is 1. The number of ether oxygens (including phenoxy) is 2. The van der Waals surface area contributed by atoms with Crippen LogP contribution in [0.1, 0.15) is 47.4 Å². The summed E-state index contributed by atoms with van der Waals surface area (Å²) in [6.45, 7) is 5.51. The third-order valence-corrected chi connectivity index (χ3v) is 5.21.